The van der Waals surface area contributed by atoms with Gasteiger partial charge in [-0.15, -0.1) is 0 Å². The van der Waals surface area contributed by atoms with Crippen molar-refractivity contribution >= 4 is 17.7 Å². The second kappa shape index (κ2) is 6.10. The van der Waals surface area contributed by atoms with Crippen molar-refractivity contribution in [1.29, 1.82) is 0 Å². The lowest BCUT2D eigenvalue weighted by molar-refractivity contribution is 0.0597. The molecule has 2 aromatic carbocycles. The standard InChI is InChI=1S/C21H19NO2/c1-15-11-14-20(24-15)19-13-12-16-7-5-6-10-18(16)22(19)21(23)17-8-3-2-4-9-17/h2-15,19-20H,1H3. The van der Waals surface area contributed by atoms with Crippen LogP contribution < -0.4 is 4.90 Å². The highest BCUT2D eigenvalue weighted by Gasteiger charge is 2.35. The van der Waals surface area contributed by atoms with E-state index >= 15 is 0 Å². The van der Waals surface area contributed by atoms with E-state index in [-0.39, 0.29) is 24.2 Å². The molecule has 0 fully saturated rings. The van der Waals surface area contributed by atoms with E-state index in [1.54, 1.807) is 0 Å². The average Bonchev–Trinajstić information content (AvgIpc) is 3.07. The Bertz CT molecular complexity index is 810. The molecule has 3 unspecified atom stereocenters. The Labute approximate surface area is 141 Å². The van der Waals surface area contributed by atoms with Gasteiger partial charge in [0.2, 0.25) is 0 Å². The molecule has 3 heteroatoms. The molecule has 0 radical (unpaired) electrons. The zero-order valence-electron chi connectivity index (χ0n) is 13.5. The monoisotopic (exact) mass is 317 g/mol. The molecule has 0 aromatic heterocycles. The van der Waals surface area contributed by atoms with E-state index in [0.717, 1.165) is 11.3 Å². The van der Waals surface area contributed by atoms with Crippen LogP contribution in [0.3, 0.4) is 0 Å². The molecule has 0 spiro atoms. The van der Waals surface area contributed by atoms with E-state index in [2.05, 4.69) is 18.2 Å². The maximum Gasteiger partial charge on any atom is 0.258 e. The zero-order valence-corrected chi connectivity index (χ0v) is 13.5. The van der Waals surface area contributed by atoms with Crippen LogP contribution in [0.15, 0.2) is 72.8 Å². The molecule has 0 aliphatic carbocycles. The summed E-state index contributed by atoms with van der Waals surface area (Å²) in [7, 11) is 0. The van der Waals surface area contributed by atoms with Crippen LogP contribution in [0.1, 0.15) is 22.8 Å². The van der Waals surface area contributed by atoms with Gasteiger partial charge in [-0.25, -0.2) is 0 Å². The molecule has 0 saturated carbocycles. The molecule has 2 aliphatic rings. The minimum absolute atomic E-state index is 0.00560. The number of hydrogen-bond donors (Lipinski definition) is 0. The Morgan fingerprint density at radius 1 is 0.958 bits per heavy atom. The molecule has 3 atom stereocenters. The van der Waals surface area contributed by atoms with Crippen LogP contribution in [0, 0.1) is 0 Å². The third kappa shape index (κ3) is 2.57. The van der Waals surface area contributed by atoms with Gasteiger partial charge in [-0.05, 0) is 30.7 Å². The van der Waals surface area contributed by atoms with Gasteiger partial charge in [-0.3, -0.25) is 9.69 Å². The minimum Gasteiger partial charge on any atom is -0.365 e. The van der Waals surface area contributed by atoms with Crippen LogP contribution in [-0.2, 0) is 4.74 Å². The predicted octanol–water partition coefficient (Wildman–Crippen LogP) is 4.07. The van der Waals surface area contributed by atoms with Crippen molar-refractivity contribution in [3.63, 3.8) is 0 Å². The molecule has 2 aromatic rings. The lowest BCUT2D eigenvalue weighted by atomic mass is 9.98. The van der Waals surface area contributed by atoms with E-state index in [4.69, 9.17) is 4.74 Å². The van der Waals surface area contributed by atoms with E-state index in [0.29, 0.717) is 5.56 Å². The first kappa shape index (κ1) is 14.9. The van der Waals surface area contributed by atoms with Gasteiger partial charge in [-0.1, -0.05) is 60.7 Å². The lowest BCUT2D eigenvalue weighted by Gasteiger charge is -2.36. The van der Waals surface area contributed by atoms with Gasteiger partial charge in [0, 0.05) is 5.56 Å². The maximum atomic E-state index is 13.2. The Balaban J connectivity index is 1.77. The molecule has 120 valence electrons. The Hall–Kier alpha value is -2.65. The number of benzene rings is 2. The summed E-state index contributed by atoms with van der Waals surface area (Å²) in [6.07, 6.45) is 8.19. The fraction of sp³-hybridized carbons (Fsp3) is 0.190. The van der Waals surface area contributed by atoms with Gasteiger partial charge in [0.15, 0.2) is 0 Å². The van der Waals surface area contributed by atoms with Crippen molar-refractivity contribution in [3.05, 3.63) is 84.0 Å². The molecule has 24 heavy (non-hydrogen) atoms. The van der Waals surface area contributed by atoms with E-state index in [1.807, 2.05) is 72.5 Å². The number of carbonyl (C=O) groups is 1. The molecular formula is C21H19NO2. The van der Waals surface area contributed by atoms with Crippen LogP contribution in [0.5, 0.6) is 0 Å². The summed E-state index contributed by atoms with van der Waals surface area (Å²) < 4.78 is 5.98. The summed E-state index contributed by atoms with van der Waals surface area (Å²) in [5, 5.41) is 0. The predicted molar refractivity (Wildman–Crippen MR) is 96.0 cm³/mol. The summed E-state index contributed by atoms with van der Waals surface area (Å²) in [5.74, 6) is -0.00560. The smallest absolute Gasteiger partial charge is 0.258 e. The van der Waals surface area contributed by atoms with E-state index in [9.17, 15) is 4.79 Å². The molecule has 1 amide bonds. The summed E-state index contributed by atoms with van der Waals surface area (Å²) in [4.78, 5) is 15.1. The second-order valence-corrected chi connectivity index (χ2v) is 6.14. The summed E-state index contributed by atoms with van der Waals surface area (Å²) in [6, 6.07) is 17.2. The van der Waals surface area contributed by atoms with Gasteiger partial charge in [0.05, 0.1) is 17.8 Å². The van der Waals surface area contributed by atoms with E-state index in [1.165, 1.54) is 0 Å². The third-order valence-electron chi connectivity index (χ3n) is 4.49. The van der Waals surface area contributed by atoms with Gasteiger partial charge >= 0.3 is 0 Å². The van der Waals surface area contributed by atoms with Crippen molar-refractivity contribution in [1.82, 2.24) is 0 Å². The Kier molecular flexibility index (Phi) is 3.79. The molecule has 2 heterocycles. The molecular weight excluding hydrogens is 298 g/mol. The molecule has 2 aliphatic heterocycles. The minimum atomic E-state index is -0.145. The molecule has 4 rings (SSSR count). The topological polar surface area (TPSA) is 29.5 Å². The number of nitrogens with zero attached hydrogens (tertiary/aromatic N) is 1. The van der Waals surface area contributed by atoms with E-state index < -0.39 is 0 Å². The van der Waals surface area contributed by atoms with Crippen molar-refractivity contribution in [2.75, 3.05) is 4.90 Å². The van der Waals surface area contributed by atoms with Gasteiger partial charge in [0.1, 0.15) is 6.10 Å². The van der Waals surface area contributed by atoms with Crippen LogP contribution >= 0.6 is 0 Å². The van der Waals surface area contributed by atoms with Crippen molar-refractivity contribution < 1.29 is 9.53 Å². The quantitative estimate of drug-likeness (QED) is 0.781. The second-order valence-electron chi connectivity index (χ2n) is 6.14. The highest BCUT2D eigenvalue weighted by Crippen LogP contribution is 2.33. The van der Waals surface area contributed by atoms with Gasteiger partial charge < -0.3 is 4.74 Å². The van der Waals surface area contributed by atoms with Gasteiger partial charge in [-0.2, -0.15) is 0 Å². The third-order valence-corrected chi connectivity index (χ3v) is 4.49. The lowest BCUT2D eigenvalue weighted by Crippen LogP contribution is -2.47. The number of anilines is 1. The summed E-state index contributed by atoms with van der Waals surface area (Å²) >= 11 is 0. The fourth-order valence-corrected chi connectivity index (χ4v) is 3.32. The van der Waals surface area contributed by atoms with Crippen LogP contribution in [0.4, 0.5) is 5.69 Å². The first-order chi connectivity index (χ1) is 11.7. The van der Waals surface area contributed by atoms with Crippen LogP contribution in [0.2, 0.25) is 0 Å². The number of rotatable bonds is 2. The van der Waals surface area contributed by atoms with Crippen molar-refractivity contribution in [3.8, 4) is 0 Å². The molecule has 0 N–H and O–H groups in total. The maximum absolute atomic E-state index is 13.2. The largest absolute Gasteiger partial charge is 0.365 e. The number of fused-ring (bicyclic) bond motifs is 1. The fourth-order valence-electron chi connectivity index (χ4n) is 3.32. The number of hydrogen-bond acceptors (Lipinski definition) is 2. The molecule has 3 nitrogen and oxygen atoms in total. The Morgan fingerprint density at radius 2 is 1.71 bits per heavy atom. The molecule has 0 bridgehead atoms. The zero-order chi connectivity index (χ0) is 16.5. The van der Waals surface area contributed by atoms with Crippen LogP contribution in [0.25, 0.3) is 6.08 Å². The normalized spacial score (nSPS) is 24.9. The van der Waals surface area contributed by atoms with Crippen molar-refractivity contribution in [2.24, 2.45) is 0 Å². The average molecular weight is 317 g/mol. The number of amides is 1. The van der Waals surface area contributed by atoms with Crippen molar-refractivity contribution in [2.45, 2.75) is 25.2 Å². The summed E-state index contributed by atoms with van der Waals surface area (Å²) in [5.41, 5.74) is 2.66. The van der Waals surface area contributed by atoms with Crippen LogP contribution in [-0.4, -0.2) is 24.2 Å². The first-order valence-corrected chi connectivity index (χ1v) is 8.24. The van der Waals surface area contributed by atoms with Gasteiger partial charge in [0.25, 0.3) is 5.91 Å². The number of para-hydroxylation sites is 1. The first-order valence-electron chi connectivity index (χ1n) is 8.24. The summed E-state index contributed by atoms with van der Waals surface area (Å²) in [6.45, 7) is 2.01. The highest BCUT2D eigenvalue weighted by molar-refractivity contribution is 6.08. The number of ether oxygens (including phenoxy) is 1. The SMILES string of the molecule is CC1C=CC(C2C=Cc3ccccc3N2C(=O)c2ccccc2)O1. The Morgan fingerprint density at radius 3 is 2.46 bits per heavy atom. The highest BCUT2D eigenvalue weighted by atomic mass is 16.5. The number of carbonyl (C=O) groups excluding carboxylic acids is 1. The molecule has 0 saturated heterocycles.